The molecule has 3 aromatic rings. The third-order valence-corrected chi connectivity index (χ3v) is 4.10. The first-order valence-electron chi connectivity index (χ1n) is 7.28. The van der Waals surface area contributed by atoms with Gasteiger partial charge in [0.1, 0.15) is 22.5 Å². The van der Waals surface area contributed by atoms with Crippen LogP contribution in [0, 0.1) is 20.8 Å². The lowest BCUT2D eigenvalue weighted by Crippen LogP contribution is -2.15. The molecule has 0 bridgehead atoms. The number of aryl methyl sites for hydroxylation is 4. The van der Waals surface area contributed by atoms with Crippen LogP contribution in [0.15, 0.2) is 18.3 Å². The summed E-state index contributed by atoms with van der Waals surface area (Å²) in [5.74, 6) is 1.51. The molecule has 24 heavy (non-hydrogen) atoms. The third kappa shape index (κ3) is 3.40. The number of nitrogens with one attached hydrogen (secondary N) is 2. The molecule has 0 aromatic carbocycles. The van der Waals surface area contributed by atoms with Crippen molar-refractivity contribution in [3.8, 4) is 0 Å². The van der Waals surface area contributed by atoms with Gasteiger partial charge < -0.3 is 10.6 Å². The first-order valence-corrected chi connectivity index (χ1v) is 8.10. The largest absolute Gasteiger partial charge is 0.330 e. The van der Waals surface area contributed by atoms with Crippen molar-refractivity contribution in [2.45, 2.75) is 20.8 Å². The molecule has 0 aliphatic heterocycles. The number of aromatic nitrogens is 5. The smallest absolute Gasteiger partial charge is 0.278 e. The highest BCUT2D eigenvalue weighted by Gasteiger charge is 2.19. The van der Waals surface area contributed by atoms with E-state index in [0.717, 1.165) is 16.5 Å². The molecule has 8 nitrogen and oxygen atoms in total. The third-order valence-electron chi connectivity index (χ3n) is 3.21. The van der Waals surface area contributed by atoms with Gasteiger partial charge in [0.05, 0.1) is 10.7 Å². The van der Waals surface area contributed by atoms with Crippen molar-refractivity contribution in [3.05, 3.63) is 40.5 Å². The van der Waals surface area contributed by atoms with E-state index in [-0.39, 0.29) is 5.91 Å². The summed E-state index contributed by atoms with van der Waals surface area (Å²) >= 11 is 1.41. The van der Waals surface area contributed by atoms with Crippen LogP contribution in [0.1, 0.15) is 27.0 Å². The first-order chi connectivity index (χ1) is 11.4. The Morgan fingerprint density at radius 1 is 1.25 bits per heavy atom. The van der Waals surface area contributed by atoms with Gasteiger partial charge in [-0.25, -0.2) is 15.0 Å². The molecule has 3 heterocycles. The molecule has 2 N–H and O–H groups in total. The fourth-order valence-corrected chi connectivity index (χ4v) is 3.03. The summed E-state index contributed by atoms with van der Waals surface area (Å²) in [6.07, 6.45) is 1.60. The summed E-state index contributed by atoms with van der Waals surface area (Å²) in [5, 5.41) is 11.7. The van der Waals surface area contributed by atoms with Gasteiger partial charge in [-0.15, -0.1) is 11.3 Å². The van der Waals surface area contributed by atoms with Crippen LogP contribution in [-0.4, -0.2) is 30.6 Å². The zero-order valence-electron chi connectivity index (χ0n) is 13.8. The molecule has 124 valence electrons. The highest BCUT2D eigenvalue weighted by Crippen LogP contribution is 2.28. The number of nitrogens with zero attached hydrogens (tertiary/aromatic N) is 5. The summed E-state index contributed by atoms with van der Waals surface area (Å²) in [6, 6.07) is 3.55. The Morgan fingerprint density at radius 2 is 2.04 bits per heavy atom. The van der Waals surface area contributed by atoms with E-state index in [2.05, 4.69) is 30.7 Å². The van der Waals surface area contributed by atoms with Crippen LogP contribution in [0.4, 0.5) is 16.6 Å². The molecule has 9 heteroatoms. The summed E-state index contributed by atoms with van der Waals surface area (Å²) in [4.78, 5) is 25.1. The highest BCUT2D eigenvalue weighted by atomic mass is 32.1. The van der Waals surface area contributed by atoms with Crippen molar-refractivity contribution in [2.24, 2.45) is 7.05 Å². The molecule has 3 aromatic heterocycles. The Hall–Kier alpha value is -2.81. The van der Waals surface area contributed by atoms with Crippen molar-refractivity contribution < 1.29 is 4.79 Å². The van der Waals surface area contributed by atoms with E-state index in [1.165, 1.54) is 11.3 Å². The van der Waals surface area contributed by atoms with Gasteiger partial charge >= 0.3 is 0 Å². The van der Waals surface area contributed by atoms with Gasteiger partial charge in [-0.2, -0.15) is 5.10 Å². The van der Waals surface area contributed by atoms with Crippen LogP contribution in [0.2, 0.25) is 0 Å². The quantitative estimate of drug-likeness (QED) is 0.755. The Morgan fingerprint density at radius 3 is 2.71 bits per heavy atom. The van der Waals surface area contributed by atoms with E-state index in [4.69, 9.17) is 0 Å². The molecule has 0 aliphatic rings. The number of thiazole rings is 1. The lowest BCUT2D eigenvalue weighted by Gasteiger charge is -2.07. The Labute approximate surface area is 143 Å². The Bertz CT molecular complexity index is 899. The summed E-state index contributed by atoms with van der Waals surface area (Å²) in [7, 11) is 1.84. The number of rotatable bonds is 4. The summed E-state index contributed by atoms with van der Waals surface area (Å²) in [5.41, 5.74) is 1.22. The Balaban J connectivity index is 1.85. The molecule has 1 amide bonds. The van der Waals surface area contributed by atoms with E-state index in [0.29, 0.717) is 22.3 Å². The number of carbonyl (C=O) groups is 1. The second kappa shape index (κ2) is 6.36. The minimum absolute atomic E-state index is 0.321. The first kappa shape index (κ1) is 16.1. The van der Waals surface area contributed by atoms with Crippen molar-refractivity contribution in [3.63, 3.8) is 0 Å². The minimum atomic E-state index is -0.321. The zero-order chi connectivity index (χ0) is 17.3. The van der Waals surface area contributed by atoms with Crippen LogP contribution in [0.5, 0.6) is 0 Å². The van der Waals surface area contributed by atoms with Crippen molar-refractivity contribution in [1.29, 1.82) is 0 Å². The monoisotopic (exact) mass is 343 g/mol. The highest BCUT2D eigenvalue weighted by molar-refractivity contribution is 7.16. The molecule has 0 saturated carbocycles. The van der Waals surface area contributed by atoms with Crippen LogP contribution in [-0.2, 0) is 7.05 Å². The molecule has 0 radical (unpaired) electrons. The zero-order valence-corrected chi connectivity index (χ0v) is 14.6. The van der Waals surface area contributed by atoms with Crippen molar-refractivity contribution in [1.82, 2.24) is 24.7 Å². The molecule has 0 spiro atoms. The van der Waals surface area contributed by atoms with E-state index in [1.807, 2.05) is 27.0 Å². The minimum Gasteiger partial charge on any atom is -0.330 e. The van der Waals surface area contributed by atoms with Crippen LogP contribution >= 0.6 is 11.3 Å². The number of amides is 1. The van der Waals surface area contributed by atoms with E-state index in [1.54, 1.807) is 23.9 Å². The molecular weight excluding hydrogens is 326 g/mol. The lowest BCUT2D eigenvalue weighted by molar-refractivity contribution is 0.102. The second-order valence-electron chi connectivity index (χ2n) is 5.27. The molecular formula is C15H17N7OS. The van der Waals surface area contributed by atoms with Gasteiger partial charge in [-0.3, -0.25) is 9.48 Å². The summed E-state index contributed by atoms with van der Waals surface area (Å²) in [6.45, 7) is 5.53. The van der Waals surface area contributed by atoms with Crippen molar-refractivity contribution >= 4 is 33.9 Å². The molecule has 0 atom stereocenters. The van der Waals surface area contributed by atoms with Gasteiger partial charge in [0.25, 0.3) is 5.91 Å². The number of carbonyl (C=O) groups excluding carboxylic acids is 1. The topological polar surface area (TPSA) is 97.6 Å². The number of hydrogen-bond donors (Lipinski definition) is 2. The van der Waals surface area contributed by atoms with Gasteiger partial charge in [0.15, 0.2) is 5.69 Å². The molecule has 0 aliphatic carbocycles. The molecule has 3 rings (SSSR count). The predicted octanol–water partition coefficient (Wildman–Crippen LogP) is 2.59. The van der Waals surface area contributed by atoms with Crippen molar-refractivity contribution in [2.75, 3.05) is 10.6 Å². The average molecular weight is 343 g/mol. The van der Waals surface area contributed by atoms with Gasteiger partial charge in [-0.05, 0) is 26.8 Å². The van der Waals surface area contributed by atoms with Crippen LogP contribution < -0.4 is 10.6 Å². The predicted molar refractivity (Wildman–Crippen MR) is 92.8 cm³/mol. The maximum atomic E-state index is 12.6. The normalized spacial score (nSPS) is 10.7. The lowest BCUT2D eigenvalue weighted by atomic mass is 10.4. The number of hydrogen-bond acceptors (Lipinski definition) is 7. The van der Waals surface area contributed by atoms with Crippen LogP contribution in [0.3, 0.4) is 0 Å². The van der Waals surface area contributed by atoms with E-state index < -0.39 is 0 Å². The molecule has 0 unspecified atom stereocenters. The molecule has 0 saturated heterocycles. The second-order valence-corrected chi connectivity index (χ2v) is 6.48. The molecule has 0 fully saturated rings. The fourth-order valence-electron chi connectivity index (χ4n) is 2.21. The number of anilines is 3. The van der Waals surface area contributed by atoms with Gasteiger partial charge in [0, 0.05) is 19.3 Å². The van der Waals surface area contributed by atoms with E-state index >= 15 is 0 Å². The van der Waals surface area contributed by atoms with Crippen LogP contribution in [0.25, 0.3) is 0 Å². The SMILES string of the molecule is Cc1cc(Nc2sc(C)nc2C(=O)Nc2ccnc(C)n2)n(C)n1. The standard InChI is InChI=1S/C15H17N7OS/c1-8-7-12(22(4)21-8)20-15-13(18-10(3)24-15)14(23)19-11-5-6-16-9(2)17-11/h5-7,20H,1-4H3,(H,16,17,19,23). The van der Waals surface area contributed by atoms with Gasteiger partial charge in [-0.1, -0.05) is 0 Å². The summed E-state index contributed by atoms with van der Waals surface area (Å²) < 4.78 is 1.72. The maximum Gasteiger partial charge on any atom is 0.278 e. The maximum absolute atomic E-state index is 12.6. The fraction of sp³-hybridized carbons (Fsp3) is 0.267. The average Bonchev–Trinajstić information content (AvgIpc) is 3.01. The Kier molecular flexibility index (Phi) is 4.26. The van der Waals surface area contributed by atoms with E-state index in [9.17, 15) is 4.79 Å². The van der Waals surface area contributed by atoms with Gasteiger partial charge in [0.2, 0.25) is 0 Å².